The summed E-state index contributed by atoms with van der Waals surface area (Å²) >= 11 is 0. The molecule has 1 aromatic carbocycles. The molecule has 2 amide bonds. The molecule has 4 atom stereocenters. The lowest BCUT2D eigenvalue weighted by Crippen LogP contribution is -2.50. The molecule has 4 unspecified atom stereocenters. The quantitative estimate of drug-likeness (QED) is 0.232. The van der Waals surface area contributed by atoms with Crippen LogP contribution in [0.4, 0.5) is 25.1 Å². The largest absolute Gasteiger partial charge is 0.379 e. The highest BCUT2D eigenvalue weighted by molar-refractivity contribution is 8.45. The van der Waals surface area contributed by atoms with Gasteiger partial charge in [0.25, 0.3) is 5.91 Å². The van der Waals surface area contributed by atoms with Crippen molar-refractivity contribution in [2.24, 2.45) is 11.8 Å². The Morgan fingerprint density at radius 2 is 1.81 bits per heavy atom. The van der Waals surface area contributed by atoms with E-state index < -0.39 is 45.1 Å². The first kappa shape index (κ1) is 32.5. The van der Waals surface area contributed by atoms with Gasteiger partial charge in [0.1, 0.15) is 17.0 Å². The number of carbonyl (C=O) groups is 2. The molecular formula is C29H36F5N5O3S. The lowest BCUT2D eigenvalue weighted by atomic mass is 9.81. The van der Waals surface area contributed by atoms with Crippen molar-refractivity contribution >= 4 is 27.7 Å². The van der Waals surface area contributed by atoms with E-state index in [1.807, 2.05) is 13.1 Å². The molecule has 1 N–H and O–H groups in total. The van der Waals surface area contributed by atoms with Gasteiger partial charge in [0.15, 0.2) is 6.19 Å². The standard InChI is InChI=1S/C29H36F5N5O3S/c1-20(21-7-4-3-5-8-21)16-37-28(40)27(22-9-6-14-36-17-22)39(29(41)26-15-24(42-2)18-38(26)19-35)23-10-12-25(13-11-23)43(30,31,32,33)34/h6,9-14,17,20-21,24,26-27H,3-5,7-8,15-16,18H2,1-2H3,(H,37,40). The van der Waals surface area contributed by atoms with Gasteiger partial charge in [0.05, 0.1) is 12.6 Å². The number of halogens is 5. The minimum atomic E-state index is -10.0. The van der Waals surface area contributed by atoms with Gasteiger partial charge in [-0.2, -0.15) is 5.26 Å². The van der Waals surface area contributed by atoms with E-state index in [2.05, 4.69) is 10.3 Å². The molecular weight excluding hydrogens is 593 g/mol. The molecule has 8 nitrogen and oxygen atoms in total. The summed E-state index contributed by atoms with van der Waals surface area (Å²) < 4.78 is 73.0. The van der Waals surface area contributed by atoms with E-state index in [1.165, 1.54) is 36.9 Å². The average Bonchev–Trinajstić information content (AvgIpc) is 3.42. The topological polar surface area (TPSA) is 98.6 Å². The summed E-state index contributed by atoms with van der Waals surface area (Å²) in [6, 6.07) is 2.44. The lowest BCUT2D eigenvalue weighted by Gasteiger charge is -2.41. The highest BCUT2D eigenvalue weighted by Gasteiger charge is 2.65. The van der Waals surface area contributed by atoms with Crippen molar-refractivity contribution in [2.45, 2.75) is 68.5 Å². The van der Waals surface area contributed by atoms with Gasteiger partial charge in [-0.25, -0.2) is 0 Å². The van der Waals surface area contributed by atoms with Crippen LogP contribution in [-0.4, -0.2) is 54.0 Å². The van der Waals surface area contributed by atoms with Crippen LogP contribution in [-0.2, 0) is 14.3 Å². The number of hydrogen-bond acceptors (Lipinski definition) is 6. The number of rotatable bonds is 10. The highest BCUT2D eigenvalue weighted by atomic mass is 32.5. The summed E-state index contributed by atoms with van der Waals surface area (Å²) in [5.74, 6) is -0.848. The number of nitriles is 1. The van der Waals surface area contributed by atoms with E-state index in [9.17, 15) is 34.3 Å². The molecule has 1 saturated heterocycles. The zero-order valence-corrected chi connectivity index (χ0v) is 24.8. The average molecular weight is 630 g/mol. The maximum atomic E-state index is 14.2. The van der Waals surface area contributed by atoms with E-state index >= 15 is 0 Å². The first-order valence-electron chi connectivity index (χ1n) is 14.2. The first-order chi connectivity index (χ1) is 20.1. The fourth-order valence-corrected chi connectivity index (χ4v) is 6.57. The summed E-state index contributed by atoms with van der Waals surface area (Å²) in [5.41, 5.74) is 0.0268. The Labute approximate surface area is 247 Å². The van der Waals surface area contributed by atoms with Crippen molar-refractivity contribution in [3.8, 4) is 6.19 Å². The monoisotopic (exact) mass is 629 g/mol. The number of carbonyl (C=O) groups excluding carboxylic acids is 2. The Hall–Kier alpha value is -3.44. The zero-order valence-electron chi connectivity index (χ0n) is 24.0. The zero-order chi connectivity index (χ0) is 31.5. The molecule has 0 spiro atoms. The van der Waals surface area contributed by atoms with Crippen LogP contribution in [0.1, 0.15) is 57.1 Å². The Morgan fingerprint density at radius 3 is 2.37 bits per heavy atom. The fraction of sp³-hybridized carbons (Fsp3) is 0.517. The van der Waals surface area contributed by atoms with Gasteiger partial charge >= 0.3 is 10.2 Å². The van der Waals surface area contributed by atoms with Crippen molar-refractivity contribution in [2.75, 3.05) is 25.1 Å². The molecule has 0 radical (unpaired) electrons. The number of aromatic nitrogens is 1. The van der Waals surface area contributed by atoms with Crippen LogP contribution in [0.3, 0.4) is 0 Å². The third kappa shape index (κ3) is 7.75. The van der Waals surface area contributed by atoms with Gasteiger partial charge in [-0.1, -0.05) is 64.5 Å². The van der Waals surface area contributed by atoms with Crippen molar-refractivity contribution in [1.82, 2.24) is 15.2 Å². The highest BCUT2D eigenvalue weighted by Crippen LogP contribution is 3.02. The van der Waals surface area contributed by atoms with Gasteiger partial charge in [0, 0.05) is 43.7 Å². The smallest absolute Gasteiger partial charge is 0.310 e. The number of methoxy groups -OCH3 is 1. The molecule has 1 saturated carbocycles. The molecule has 1 aliphatic carbocycles. The second-order valence-electron chi connectivity index (χ2n) is 11.3. The van der Waals surface area contributed by atoms with Crippen LogP contribution in [0.15, 0.2) is 53.7 Å². The van der Waals surface area contributed by atoms with Crippen molar-refractivity contribution in [3.05, 3.63) is 54.4 Å². The third-order valence-electron chi connectivity index (χ3n) is 8.37. The first-order valence-corrected chi connectivity index (χ1v) is 16.1. The molecule has 1 aliphatic heterocycles. The molecule has 1 aromatic heterocycles. The summed E-state index contributed by atoms with van der Waals surface area (Å²) in [6.45, 7) is 2.42. The SMILES string of the molecule is COC1CC(C(=O)N(c2ccc(S(F)(F)(F)(F)F)cc2)C(C(=O)NCC(C)C2CCCCC2)c2cccnc2)N(C#N)C1. The molecule has 2 aromatic rings. The van der Waals surface area contributed by atoms with Gasteiger partial charge in [-0.15, -0.1) is 0 Å². The predicted octanol–water partition coefficient (Wildman–Crippen LogP) is 6.72. The van der Waals surface area contributed by atoms with Gasteiger partial charge in [0.2, 0.25) is 5.91 Å². The number of ether oxygens (including phenoxy) is 1. The third-order valence-corrected chi connectivity index (χ3v) is 9.53. The molecule has 14 heteroatoms. The molecule has 2 aliphatic rings. The Morgan fingerprint density at radius 1 is 1.14 bits per heavy atom. The molecule has 2 fully saturated rings. The van der Waals surface area contributed by atoms with Crippen LogP contribution in [0.2, 0.25) is 0 Å². The number of amides is 2. The lowest BCUT2D eigenvalue weighted by molar-refractivity contribution is -0.128. The molecule has 43 heavy (non-hydrogen) atoms. The molecule has 2 heterocycles. The number of likely N-dealkylation sites (tertiary alicyclic amines) is 1. The van der Waals surface area contributed by atoms with E-state index in [4.69, 9.17) is 4.74 Å². The minimum absolute atomic E-state index is 0.0725. The summed E-state index contributed by atoms with van der Waals surface area (Å²) in [4.78, 5) is 32.2. The van der Waals surface area contributed by atoms with Crippen LogP contribution >= 0.6 is 10.2 Å². The number of hydrogen-bond donors (Lipinski definition) is 1. The normalized spacial score (nSPS) is 22.5. The minimum Gasteiger partial charge on any atom is -0.379 e. The molecule has 236 valence electrons. The van der Waals surface area contributed by atoms with Gasteiger partial charge in [-0.3, -0.25) is 24.4 Å². The number of nitrogens with one attached hydrogen (secondary N) is 1. The summed E-state index contributed by atoms with van der Waals surface area (Å²) in [6.07, 6.45) is 9.79. The number of nitrogens with zero attached hydrogens (tertiary/aromatic N) is 4. The second kappa shape index (κ2) is 11.9. The maximum Gasteiger partial charge on any atom is 0.310 e. The molecule has 4 rings (SSSR count). The van der Waals surface area contributed by atoms with E-state index in [0.717, 1.165) is 42.7 Å². The number of benzene rings is 1. The summed E-state index contributed by atoms with van der Waals surface area (Å²) in [7, 11) is -8.59. The van der Waals surface area contributed by atoms with Crippen molar-refractivity contribution in [3.63, 3.8) is 0 Å². The number of anilines is 1. The Balaban J connectivity index is 1.75. The van der Waals surface area contributed by atoms with Crippen LogP contribution < -0.4 is 10.2 Å². The second-order valence-corrected chi connectivity index (χ2v) is 13.8. The van der Waals surface area contributed by atoms with Crippen molar-refractivity contribution in [1.29, 1.82) is 5.26 Å². The van der Waals surface area contributed by atoms with Crippen molar-refractivity contribution < 1.29 is 33.8 Å². The van der Waals surface area contributed by atoms with E-state index in [-0.39, 0.29) is 42.3 Å². The van der Waals surface area contributed by atoms with E-state index in [0.29, 0.717) is 12.5 Å². The van der Waals surface area contributed by atoms with Gasteiger partial charge < -0.3 is 10.1 Å². The maximum absolute atomic E-state index is 14.2. The molecule has 0 bridgehead atoms. The van der Waals surface area contributed by atoms with Crippen LogP contribution in [0.25, 0.3) is 0 Å². The predicted molar refractivity (Wildman–Crippen MR) is 153 cm³/mol. The fourth-order valence-electron chi connectivity index (χ4n) is 5.92. The van der Waals surface area contributed by atoms with E-state index in [1.54, 1.807) is 6.07 Å². The Bertz CT molecular complexity index is 1340. The van der Waals surface area contributed by atoms with Crippen LogP contribution in [0, 0.1) is 23.3 Å². The number of pyridine rings is 1. The van der Waals surface area contributed by atoms with Crippen LogP contribution in [0.5, 0.6) is 0 Å². The summed E-state index contributed by atoms with van der Waals surface area (Å²) in [5, 5.41) is 12.6. The van der Waals surface area contributed by atoms with Gasteiger partial charge in [-0.05, 0) is 42.2 Å². The Kier molecular flexibility index (Phi) is 9.00.